The van der Waals surface area contributed by atoms with Gasteiger partial charge in [0.15, 0.2) is 0 Å². The van der Waals surface area contributed by atoms with E-state index in [1.807, 2.05) is 23.3 Å². The maximum atomic E-state index is 5.99. The van der Waals surface area contributed by atoms with Gasteiger partial charge >= 0.3 is 0 Å². The molecule has 0 saturated heterocycles. The SMILES string of the molecule is CCOC1=CC2=C(n3ccnn3)C[C@@H]3[C@H](CC[C@]4(C)C(c5cccnc5)=CC[C@@H]34)[C@@]2(C)CC1. The minimum Gasteiger partial charge on any atom is -0.498 e. The summed E-state index contributed by atoms with van der Waals surface area (Å²) in [6, 6.07) is 4.31. The normalized spacial score (nSPS) is 35.3. The average molecular weight is 443 g/mol. The third-order valence-electron chi connectivity index (χ3n) is 9.39. The smallest absolute Gasteiger partial charge is 0.0963 e. The Bertz CT molecular complexity index is 1130. The number of fused-ring (bicyclic) bond motifs is 5. The van der Waals surface area contributed by atoms with Crippen LogP contribution in [0.5, 0.6) is 0 Å². The summed E-state index contributed by atoms with van der Waals surface area (Å²) in [4.78, 5) is 4.43. The van der Waals surface area contributed by atoms with Gasteiger partial charge in [-0.3, -0.25) is 4.98 Å². The number of nitrogens with zero attached hydrogens (tertiary/aromatic N) is 4. The monoisotopic (exact) mass is 442 g/mol. The van der Waals surface area contributed by atoms with Crippen LogP contribution < -0.4 is 0 Å². The Morgan fingerprint density at radius 2 is 2.06 bits per heavy atom. The molecule has 6 rings (SSSR count). The van der Waals surface area contributed by atoms with Crippen molar-refractivity contribution in [3.05, 3.63) is 66.0 Å². The molecule has 2 aromatic rings. The highest BCUT2D eigenvalue weighted by atomic mass is 16.5. The van der Waals surface area contributed by atoms with Crippen LogP contribution in [0.25, 0.3) is 11.3 Å². The molecule has 172 valence electrons. The molecule has 1 saturated carbocycles. The molecule has 5 nitrogen and oxygen atoms in total. The molecule has 0 spiro atoms. The molecule has 5 heteroatoms. The van der Waals surface area contributed by atoms with Crippen LogP contribution in [0.2, 0.25) is 0 Å². The lowest BCUT2D eigenvalue weighted by atomic mass is 9.47. The van der Waals surface area contributed by atoms with Crippen molar-refractivity contribution < 1.29 is 4.74 Å². The van der Waals surface area contributed by atoms with Crippen LogP contribution in [-0.4, -0.2) is 26.6 Å². The van der Waals surface area contributed by atoms with E-state index in [4.69, 9.17) is 4.74 Å². The van der Waals surface area contributed by atoms with E-state index in [2.05, 4.69) is 60.4 Å². The molecule has 0 bridgehead atoms. The van der Waals surface area contributed by atoms with E-state index in [0.29, 0.717) is 17.8 Å². The molecule has 1 fully saturated rings. The number of hydrogen-bond acceptors (Lipinski definition) is 4. The molecule has 0 aromatic carbocycles. The first-order valence-electron chi connectivity index (χ1n) is 12.6. The summed E-state index contributed by atoms with van der Waals surface area (Å²) < 4.78 is 8.03. The highest BCUT2D eigenvalue weighted by molar-refractivity contribution is 5.73. The highest BCUT2D eigenvalue weighted by Gasteiger charge is 2.58. The largest absolute Gasteiger partial charge is 0.498 e. The van der Waals surface area contributed by atoms with Crippen molar-refractivity contribution in [3.63, 3.8) is 0 Å². The summed E-state index contributed by atoms with van der Waals surface area (Å²) in [6.45, 7) is 7.84. The van der Waals surface area contributed by atoms with Gasteiger partial charge in [0.05, 0.1) is 24.8 Å². The van der Waals surface area contributed by atoms with Crippen LogP contribution >= 0.6 is 0 Å². The van der Waals surface area contributed by atoms with Crippen LogP contribution in [0.15, 0.2) is 60.4 Å². The average Bonchev–Trinajstić information content (AvgIpc) is 3.47. The quantitative estimate of drug-likeness (QED) is 0.570. The van der Waals surface area contributed by atoms with E-state index >= 15 is 0 Å². The molecule has 2 heterocycles. The third kappa shape index (κ3) is 3.08. The Morgan fingerprint density at radius 1 is 1.15 bits per heavy atom. The van der Waals surface area contributed by atoms with Gasteiger partial charge in [-0.1, -0.05) is 31.2 Å². The standard InChI is InChI=1S/C28H34N4O/c1-4-33-20-9-11-28(3)24-10-12-27(2)22(19-6-5-13-29-18-19)7-8-23(27)21(24)17-26(25(28)16-20)32-15-14-30-31-32/h5-7,13-16,18,21,23-24H,4,8-12,17H2,1-3H3/t21-,23-,24-,27+,28+/m0/s1. The Morgan fingerprint density at radius 3 is 2.82 bits per heavy atom. The summed E-state index contributed by atoms with van der Waals surface area (Å²) >= 11 is 0. The fraction of sp³-hybridized carbons (Fsp3) is 0.536. The number of ether oxygens (including phenoxy) is 1. The van der Waals surface area contributed by atoms with E-state index in [1.165, 1.54) is 35.2 Å². The van der Waals surface area contributed by atoms with Crippen LogP contribution in [0.4, 0.5) is 0 Å². The second-order valence-electron chi connectivity index (χ2n) is 10.8. The van der Waals surface area contributed by atoms with Crippen molar-refractivity contribution in [1.82, 2.24) is 20.0 Å². The highest BCUT2D eigenvalue weighted by Crippen LogP contribution is 2.67. The summed E-state index contributed by atoms with van der Waals surface area (Å²) in [5.74, 6) is 3.12. The van der Waals surface area contributed by atoms with Gasteiger partial charge in [0, 0.05) is 24.5 Å². The lowest BCUT2D eigenvalue weighted by Crippen LogP contribution is -2.49. The van der Waals surface area contributed by atoms with Crippen molar-refractivity contribution in [1.29, 1.82) is 0 Å². The van der Waals surface area contributed by atoms with Crippen LogP contribution in [-0.2, 0) is 4.74 Å². The first-order chi connectivity index (χ1) is 16.0. The van der Waals surface area contributed by atoms with Gasteiger partial charge in [-0.15, -0.1) is 5.10 Å². The van der Waals surface area contributed by atoms with Gasteiger partial charge in [-0.2, -0.15) is 0 Å². The fourth-order valence-corrected chi connectivity index (χ4v) is 7.82. The number of pyridine rings is 1. The van der Waals surface area contributed by atoms with Crippen molar-refractivity contribution in [2.75, 3.05) is 6.61 Å². The summed E-state index contributed by atoms with van der Waals surface area (Å²) in [7, 11) is 0. The Balaban J connectivity index is 1.43. The van der Waals surface area contributed by atoms with E-state index in [-0.39, 0.29) is 10.8 Å². The summed E-state index contributed by atoms with van der Waals surface area (Å²) in [5, 5.41) is 8.61. The van der Waals surface area contributed by atoms with Gasteiger partial charge in [0.25, 0.3) is 0 Å². The van der Waals surface area contributed by atoms with E-state index < -0.39 is 0 Å². The van der Waals surface area contributed by atoms with Crippen LogP contribution in [0.3, 0.4) is 0 Å². The molecule has 0 amide bonds. The minimum atomic E-state index is 0.156. The topological polar surface area (TPSA) is 52.8 Å². The van der Waals surface area contributed by atoms with Crippen LogP contribution in [0, 0.1) is 28.6 Å². The van der Waals surface area contributed by atoms with Crippen molar-refractivity contribution in [3.8, 4) is 0 Å². The van der Waals surface area contributed by atoms with Crippen molar-refractivity contribution >= 4 is 11.3 Å². The van der Waals surface area contributed by atoms with Gasteiger partial charge in [0.1, 0.15) is 0 Å². The van der Waals surface area contributed by atoms with Gasteiger partial charge in [0.2, 0.25) is 0 Å². The van der Waals surface area contributed by atoms with Gasteiger partial charge in [-0.25, -0.2) is 4.68 Å². The lowest BCUT2D eigenvalue weighted by molar-refractivity contribution is -0.00376. The molecule has 33 heavy (non-hydrogen) atoms. The molecule has 0 unspecified atom stereocenters. The summed E-state index contributed by atoms with van der Waals surface area (Å²) in [6.07, 6.45) is 19.5. The third-order valence-corrected chi connectivity index (χ3v) is 9.39. The van der Waals surface area contributed by atoms with Crippen molar-refractivity contribution in [2.24, 2.45) is 28.6 Å². The van der Waals surface area contributed by atoms with E-state index in [1.54, 1.807) is 6.20 Å². The predicted octanol–water partition coefficient (Wildman–Crippen LogP) is 6.14. The molecule has 4 aliphatic rings. The molecule has 0 N–H and O–H groups in total. The minimum absolute atomic E-state index is 0.156. The second-order valence-corrected chi connectivity index (χ2v) is 10.8. The molecule has 0 radical (unpaired) electrons. The maximum Gasteiger partial charge on any atom is 0.0963 e. The molecule has 0 aliphatic heterocycles. The zero-order chi connectivity index (χ0) is 22.6. The zero-order valence-electron chi connectivity index (χ0n) is 20.0. The number of hydrogen-bond donors (Lipinski definition) is 0. The Kier molecular flexibility index (Phi) is 4.86. The number of allylic oxidation sites excluding steroid dienone is 6. The number of aromatic nitrogens is 4. The molecular weight excluding hydrogens is 408 g/mol. The van der Waals surface area contributed by atoms with Crippen molar-refractivity contribution in [2.45, 2.75) is 59.3 Å². The van der Waals surface area contributed by atoms with Gasteiger partial charge < -0.3 is 4.74 Å². The molecule has 4 aliphatic carbocycles. The molecule has 5 atom stereocenters. The van der Waals surface area contributed by atoms with Crippen LogP contribution in [0.1, 0.15) is 64.9 Å². The lowest BCUT2D eigenvalue weighted by Gasteiger charge is -2.57. The van der Waals surface area contributed by atoms with E-state index in [0.717, 1.165) is 38.0 Å². The van der Waals surface area contributed by atoms with E-state index in [9.17, 15) is 0 Å². The predicted molar refractivity (Wildman–Crippen MR) is 130 cm³/mol. The Hall–Kier alpha value is -2.69. The number of rotatable bonds is 4. The first-order valence-corrected chi connectivity index (χ1v) is 12.6. The first kappa shape index (κ1) is 20.9. The fourth-order valence-electron chi connectivity index (χ4n) is 7.82. The Labute approximate surface area is 196 Å². The summed E-state index contributed by atoms with van der Waals surface area (Å²) in [5.41, 5.74) is 5.95. The van der Waals surface area contributed by atoms with Gasteiger partial charge in [-0.05, 0) is 96.5 Å². The molecular formula is C28H34N4O. The zero-order valence-corrected chi connectivity index (χ0v) is 20.0. The second kappa shape index (κ2) is 7.68. The maximum absolute atomic E-state index is 5.99. The molecule has 2 aromatic heterocycles.